The number of amides is 2. The van der Waals surface area contributed by atoms with Crippen molar-refractivity contribution in [3.05, 3.63) is 24.3 Å². The molecule has 0 radical (unpaired) electrons. The number of nitrogens with zero attached hydrogens (tertiary/aromatic N) is 2. The van der Waals surface area contributed by atoms with Crippen LogP contribution < -0.4 is 5.32 Å². The summed E-state index contributed by atoms with van der Waals surface area (Å²) in [5.41, 5.74) is 0.497. The Morgan fingerprint density at radius 2 is 2.13 bits per heavy atom. The van der Waals surface area contributed by atoms with Crippen molar-refractivity contribution in [1.82, 2.24) is 9.21 Å². The van der Waals surface area contributed by atoms with E-state index in [4.69, 9.17) is 0 Å². The maximum Gasteiger partial charge on any atom is 0.321 e. The Morgan fingerprint density at radius 3 is 2.78 bits per heavy atom. The van der Waals surface area contributed by atoms with E-state index in [1.807, 2.05) is 4.90 Å². The van der Waals surface area contributed by atoms with Gasteiger partial charge in [0.25, 0.3) is 0 Å². The maximum atomic E-state index is 12.4. The number of carbonyl (C=O) groups excluding carboxylic acids is 1. The van der Waals surface area contributed by atoms with Gasteiger partial charge in [0, 0.05) is 32.9 Å². The summed E-state index contributed by atoms with van der Waals surface area (Å²) in [5.74, 6) is 0.551. The van der Waals surface area contributed by atoms with Crippen LogP contribution in [0.2, 0.25) is 0 Å². The number of likely N-dealkylation sites (tertiary alicyclic amines) is 1. The van der Waals surface area contributed by atoms with Gasteiger partial charge in [-0.2, -0.15) is 0 Å². The molecule has 0 bridgehead atoms. The minimum absolute atomic E-state index is 0.164. The second-order valence-electron chi connectivity index (χ2n) is 6.11. The monoisotopic (exact) mass is 339 g/mol. The summed E-state index contributed by atoms with van der Waals surface area (Å²) >= 11 is 0. The number of hydrogen-bond acceptors (Lipinski definition) is 3. The number of hydrogen-bond donors (Lipinski definition) is 1. The largest absolute Gasteiger partial charge is 0.324 e. The molecule has 1 unspecified atom stereocenters. The van der Waals surface area contributed by atoms with Crippen molar-refractivity contribution in [1.29, 1.82) is 0 Å². The zero-order valence-electron chi connectivity index (χ0n) is 13.9. The molecule has 1 aromatic carbocycles. The Kier molecular flexibility index (Phi) is 5.64. The van der Waals surface area contributed by atoms with Crippen molar-refractivity contribution >= 4 is 21.7 Å². The van der Waals surface area contributed by atoms with Crippen molar-refractivity contribution < 1.29 is 13.2 Å². The lowest BCUT2D eigenvalue weighted by molar-refractivity contribution is 0.176. The van der Waals surface area contributed by atoms with Crippen LogP contribution in [0.1, 0.15) is 26.2 Å². The lowest BCUT2D eigenvalue weighted by Crippen LogP contribution is -2.42. The first-order valence-corrected chi connectivity index (χ1v) is 9.37. The smallest absolute Gasteiger partial charge is 0.321 e. The van der Waals surface area contributed by atoms with E-state index in [1.165, 1.54) is 26.2 Å². The molecule has 0 saturated carbocycles. The van der Waals surface area contributed by atoms with Gasteiger partial charge in [-0.3, -0.25) is 0 Å². The van der Waals surface area contributed by atoms with Crippen molar-refractivity contribution in [3.8, 4) is 0 Å². The first-order chi connectivity index (χ1) is 10.8. The minimum Gasteiger partial charge on any atom is -0.324 e. The molecule has 1 heterocycles. The summed E-state index contributed by atoms with van der Waals surface area (Å²) in [6.45, 7) is 3.65. The maximum absolute atomic E-state index is 12.4. The van der Waals surface area contributed by atoms with Crippen LogP contribution in [0.4, 0.5) is 10.5 Å². The van der Waals surface area contributed by atoms with Crippen LogP contribution in [0.3, 0.4) is 0 Å². The van der Waals surface area contributed by atoms with E-state index < -0.39 is 10.0 Å². The van der Waals surface area contributed by atoms with Gasteiger partial charge in [0.2, 0.25) is 10.0 Å². The Balaban J connectivity index is 2.10. The normalized spacial score (nSPS) is 19.0. The molecule has 1 atom stereocenters. The van der Waals surface area contributed by atoms with Crippen molar-refractivity contribution in [3.63, 3.8) is 0 Å². The average molecular weight is 339 g/mol. The molecule has 6 nitrogen and oxygen atoms in total. The van der Waals surface area contributed by atoms with E-state index in [0.29, 0.717) is 11.6 Å². The van der Waals surface area contributed by atoms with Gasteiger partial charge in [0.05, 0.1) is 4.90 Å². The summed E-state index contributed by atoms with van der Waals surface area (Å²) in [4.78, 5) is 14.4. The highest BCUT2D eigenvalue weighted by atomic mass is 32.2. The number of rotatable bonds is 4. The van der Waals surface area contributed by atoms with Gasteiger partial charge in [-0.15, -0.1) is 0 Å². The van der Waals surface area contributed by atoms with Crippen LogP contribution in [0.25, 0.3) is 0 Å². The van der Waals surface area contributed by atoms with Gasteiger partial charge in [0.15, 0.2) is 0 Å². The number of nitrogens with one attached hydrogen (secondary N) is 1. The molecule has 23 heavy (non-hydrogen) atoms. The number of benzene rings is 1. The van der Waals surface area contributed by atoms with E-state index in [-0.39, 0.29) is 10.9 Å². The zero-order valence-corrected chi connectivity index (χ0v) is 14.8. The molecular weight excluding hydrogens is 314 g/mol. The lowest BCUT2D eigenvalue weighted by Gasteiger charge is -2.32. The molecule has 1 aromatic rings. The van der Waals surface area contributed by atoms with Crippen LogP contribution in [0, 0.1) is 5.92 Å². The van der Waals surface area contributed by atoms with Crippen LogP contribution in [0.5, 0.6) is 0 Å². The van der Waals surface area contributed by atoms with Gasteiger partial charge in [-0.1, -0.05) is 19.4 Å². The van der Waals surface area contributed by atoms with Crippen molar-refractivity contribution in [2.24, 2.45) is 5.92 Å². The van der Waals surface area contributed by atoms with Gasteiger partial charge in [-0.25, -0.2) is 17.5 Å². The number of piperidine rings is 1. The third-order valence-corrected chi connectivity index (χ3v) is 6.06. The zero-order chi connectivity index (χ0) is 17.0. The standard InChI is InChI=1S/C16H25N3O3S/c1-4-13-7-6-10-19(12-13)16(20)17-14-8-5-9-15(11-14)23(21,22)18(2)3/h5,8-9,11,13H,4,6-7,10,12H2,1-3H3,(H,17,20). The first-order valence-electron chi connectivity index (χ1n) is 7.93. The average Bonchev–Trinajstić information content (AvgIpc) is 2.55. The molecule has 1 N–H and O–H groups in total. The summed E-state index contributed by atoms with van der Waals surface area (Å²) in [6, 6.07) is 6.20. The number of urea groups is 1. The van der Waals surface area contributed by atoms with Crippen LogP contribution in [-0.2, 0) is 10.0 Å². The highest BCUT2D eigenvalue weighted by molar-refractivity contribution is 7.89. The van der Waals surface area contributed by atoms with E-state index in [0.717, 1.165) is 36.7 Å². The fraction of sp³-hybridized carbons (Fsp3) is 0.562. The SMILES string of the molecule is CCC1CCCN(C(=O)Nc2cccc(S(=O)(=O)N(C)C)c2)C1. The van der Waals surface area contributed by atoms with E-state index in [9.17, 15) is 13.2 Å². The van der Waals surface area contributed by atoms with Gasteiger partial charge >= 0.3 is 6.03 Å². The summed E-state index contributed by atoms with van der Waals surface area (Å²) in [7, 11) is -0.534. The summed E-state index contributed by atoms with van der Waals surface area (Å²) in [5, 5.41) is 2.81. The second kappa shape index (κ2) is 7.31. The summed E-state index contributed by atoms with van der Waals surface area (Å²) < 4.78 is 25.5. The van der Waals surface area contributed by atoms with E-state index in [2.05, 4.69) is 12.2 Å². The predicted molar refractivity (Wildman–Crippen MR) is 90.9 cm³/mol. The molecule has 7 heteroatoms. The van der Waals surface area contributed by atoms with Crippen LogP contribution >= 0.6 is 0 Å². The molecule has 0 aliphatic carbocycles. The van der Waals surface area contributed by atoms with Gasteiger partial charge in [0.1, 0.15) is 0 Å². The highest BCUT2D eigenvalue weighted by Crippen LogP contribution is 2.21. The Hall–Kier alpha value is -1.60. The molecule has 1 saturated heterocycles. The molecule has 2 amide bonds. The van der Waals surface area contributed by atoms with Crippen molar-refractivity contribution in [2.45, 2.75) is 31.1 Å². The van der Waals surface area contributed by atoms with Crippen LogP contribution in [0.15, 0.2) is 29.2 Å². The quantitative estimate of drug-likeness (QED) is 0.916. The molecule has 1 aliphatic heterocycles. The fourth-order valence-electron chi connectivity index (χ4n) is 2.73. The Bertz CT molecular complexity index is 658. The minimum atomic E-state index is -3.50. The second-order valence-corrected chi connectivity index (χ2v) is 8.26. The van der Waals surface area contributed by atoms with E-state index in [1.54, 1.807) is 12.1 Å². The molecule has 1 fully saturated rings. The number of anilines is 1. The number of carbonyl (C=O) groups is 1. The molecule has 0 aromatic heterocycles. The topological polar surface area (TPSA) is 69.7 Å². The molecule has 128 valence electrons. The predicted octanol–water partition coefficient (Wildman–Crippen LogP) is 2.59. The lowest BCUT2D eigenvalue weighted by atomic mass is 9.96. The molecule has 2 rings (SSSR count). The highest BCUT2D eigenvalue weighted by Gasteiger charge is 2.23. The van der Waals surface area contributed by atoms with Gasteiger partial charge in [-0.05, 0) is 37.0 Å². The third-order valence-electron chi connectivity index (χ3n) is 4.25. The summed E-state index contributed by atoms with van der Waals surface area (Å²) in [6.07, 6.45) is 3.25. The first kappa shape index (κ1) is 17.7. The van der Waals surface area contributed by atoms with Crippen molar-refractivity contribution in [2.75, 3.05) is 32.5 Å². The fourth-order valence-corrected chi connectivity index (χ4v) is 3.68. The van der Waals surface area contributed by atoms with E-state index >= 15 is 0 Å². The Morgan fingerprint density at radius 1 is 1.39 bits per heavy atom. The molecule has 0 spiro atoms. The third kappa shape index (κ3) is 4.23. The number of sulfonamides is 1. The molecule has 1 aliphatic rings. The van der Waals surface area contributed by atoms with Gasteiger partial charge < -0.3 is 10.2 Å². The Labute approximate surface area is 138 Å². The molecular formula is C16H25N3O3S. The van der Waals surface area contributed by atoms with Crippen LogP contribution in [-0.4, -0.2) is 50.8 Å².